The molecule has 2 aromatic rings. The average molecular weight is 293 g/mol. The number of aromatic nitrogens is 1. The normalized spacial score (nSPS) is 12.9. The summed E-state index contributed by atoms with van der Waals surface area (Å²) in [4.78, 5) is 0. The topological polar surface area (TPSA) is 49.2 Å². The van der Waals surface area contributed by atoms with Crippen LogP contribution >= 0.6 is 12.8 Å². The smallest absolute Gasteiger partial charge is 0.0610 e. The molecule has 1 heterocycles. The zero-order chi connectivity index (χ0) is 14.4. The summed E-state index contributed by atoms with van der Waals surface area (Å²) >= 11 is 4.05. The minimum Gasteiger partial charge on any atom is -0.395 e. The molecule has 0 saturated carbocycles. The summed E-state index contributed by atoms with van der Waals surface area (Å²) < 4.78 is 5.04. The van der Waals surface area contributed by atoms with Crippen molar-refractivity contribution in [2.45, 2.75) is 25.9 Å². The van der Waals surface area contributed by atoms with Gasteiger partial charge in [0.1, 0.15) is 0 Å². The number of nitrogens with zero attached hydrogens (tertiary/aromatic N) is 1. The first-order chi connectivity index (χ1) is 9.76. The molecule has 1 aromatic heterocycles. The van der Waals surface area contributed by atoms with Crippen LogP contribution in [0.25, 0.3) is 10.9 Å². The van der Waals surface area contributed by atoms with Crippen LogP contribution in [0.4, 0.5) is 0 Å². The van der Waals surface area contributed by atoms with E-state index >= 15 is 0 Å². The second kappa shape index (κ2) is 7.69. The van der Waals surface area contributed by atoms with Crippen molar-refractivity contribution < 1.29 is 5.11 Å². The first kappa shape index (κ1) is 15.4. The Hall–Kier alpha value is -1.01. The number of rotatable bonds is 8. The van der Waals surface area contributed by atoms with E-state index < -0.39 is 0 Å². The van der Waals surface area contributed by atoms with Crippen molar-refractivity contribution >= 4 is 23.7 Å². The van der Waals surface area contributed by atoms with Gasteiger partial charge in [-0.1, -0.05) is 31.0 Å². The fourth-order valence-electron chi connectivity index (χ4n) is 2.40. The summed E-state index contributed by atoms with van der Waals surface area (Å²) in [7, 11) is 0. The third-order valence-corrected chi connectivity index (χ3v) is 3.89. The average Bonchev–Trinajstić information content (AvgIpc) is 2.82. The summed E-state index contributed by atoms with van der Waals surface area (Å²) in [5, 5.41) is 13.8. The Bertz CT molecular complexity index is 541. The number of nitrogens with one attached hydrogen (secondary N) is 2. The van der Waals surface area contributed by atoms with E-state index in [0.717, 1.165) is 19.5 Å². The highest BCUT2D eigenvalue weighted by Gasteiger charge is 2.07. The SMILES string of the molecule is CC(CNCCc1cn(CCO)c2ccccc12)NS. The van der Waals surface area contributed by atoms with Gasteiger partial charge in [0.15, 0.2) is 0 Å². The zero-order valence-electron chi connectivity index (χ0n) is 11.8. The van der Waals surface area contributed by atoms with Gasteiger partial charge in [-0.3, -0.25) is 4.72 Å². The standard InChI is InChI=1S/C15H23N3OS/c1-12(17-20)10-16-7-6-13-11-18(8-9-19)15-5-3-2-4-14(13)15/h2-5,11-12,16-17,19-20H,6-10H2,1H3. The molecule has 0 aliphatic carbocycles. The molecule has 2 rings (SSSR count). The number of thiol groups is 1. The third kappa shape index (κ3) is 3.76. The first-order valence-corrected chi connectivity index (χ1v) is 7.49. The van der Waals surface area contributed by atoms with Crippen LogP contribution in [0.3, 0.4) is 0 Å². The van der Waals surface area contributed by atoms with Gasteiger partial charge in [0.2, 0.25) is 0 Å². The van der Waals surface area contributed by atoms with Gasteiger partial charge in [-0.25, -0.2) is 0 Å². The summed E-state index contributed by atoms with van der Waals surface area (Å²) in [5.74, 6) is 0. The molecular weight excluding hydrogens is 270 g/mol. The maximum Gasteiger partial charge on any atom is 0.0610 e. The molecule has 4 nitrogen and oxygen atoms in total. The lowest BCUT2D eigenvalue weighted by atomic mass is 10.1. The monoisotopic (exact) mass is 293 g/mol. The molecule has 0 bridgehead atoms. The van der Waals surface area contributed by atoms with E-state index in [1.54, 1.807) is 0 Å². The summed E-state index contributed by atoms with van der Waals surface area (Å²) in [6.07, 6.45) is 3.14. The van der Waals surface area contributed by atoms with E-state index in [2.05, 4.69) is 58.7 Å². The van der Waals surface area contributed by atoms with Crippen LogP contribution in [0.2, 0.25) is 0 Å². The number of aliphatic hydroxyl groups excluding tert-OH is 1. The molecule has 5 heteroatoms. The molecule has 110 valence electrons. The number of benzene rings is 1. The number of para-hydroxylation sites is 1. The number of hydrogen-bond acceptors (Lipinski definition) is 4. The highest BCUT2D eigenvalue weighted by molar-refractivity contribution is 7.78. The quantitative estimate of drug-likeness (QED) is 0.442. The van der Waals surface area contributed by atoms with Crippen LogP contribution in [-0.4, -0.2) is 35.4 Å². The van der Waals surface area contributed by atoms with Crippen LogP contribution in [-0.2, 0) is 13.0 Å². The zero-order valence-corrected chi connectivity index (χ0v) is 12.7. The highest BCUT2D eigenvalue weighted by atomic mass is 32.1. The fraction of sp³-hybridized carbons (Fsp3) is 0.467. The Kier molecular flexibility index (Phi) is 5.91. The number of aliphatic hydroxyl groups is 1. The van der Waals surface area contributed by atoms with Gasteiger partial charge in [0.05, 0.1) is 6.61 Å². The molecule has 20 heavy (non-hydrogen) atoms. The Morgan fingerprint density at radius 1 is 1.35 bits per heavy atom. The van der Waals surface area contributed by atoms with E-state index in [4.69, 9.17) is 5.11 Å². The van der Waals surface area contributed by atoms with Gasteiger partial charge in [-0.2, -0.15) is 0 Å². The number of hydrogen-bond donors (Lipinski definition) is 4. The van der Waals surface area contributed by atoms with Crippen molar-refractivity contribution in [3.8, 4) is 0 Å². The van der Waals surface area contributed by atoms with E-state index in [1.165, 1.54) is 16.5 Å². The first-order valence-electron chi connectivity index (χ1n) is 7.04. The molecule has 1 atom stereocenters. The van der Waals surface area contributed by atoms with Gasteiger partial charge < -0.3 is 15.0 Å². The highest BCUT2D eigenvalue weighted by Crippen LogP contribution is 2.21. The molecule has 0 amide bonds. The van der Waals surface area contributed by atoms with Crippen LogP contribution in [0.15, 0.2) is 30.5 Å². The largest absolute Gasteiger partial charge is 0.395 e. The summed E-state index contributed by atoms with van der Waals surface area (Å²) in [6, 6.07) is 8.72. The van der Waals surface area contributed by atoms with Crippen molar-refractivity contribution in [2.24, 2.45) is 0 Å². The van der Waals surface area contributed by atoms with E-state index in [1.807, 2.05) is 6.07 Å². The molecule has 0 radical (unpaired) electrons. The Balaban J connectivity index is 2.02. The van der Waals surface area contributed by atoms with E-state index in [9.17, 15) is 0 Å². The van der Waals surface area contributed by atoms with Crippen molar-refractivity contribution in [2.75, 3.05) is 19.7 Å². The van der Waals surface area contributed by atoms with Gasteiger partial charge in [-0.05, 0) is 31.5 Å². The second-order valence-electron chi connectivity index (χ2n) is 5.07. The van der Waals surface area contributed by atoms with E-state index in [-0.39, 0.29) is 6.61 Å². The molecule has 0 aliphatic heterocycles. The lowest BCUT2D eigenvalue weighted by molar-refractivity contribution is 0.278. The minimum absolute atomic E-state index is 0.168. The van der Waals surface area contributed by atoms with Crippen LogP contribution < -0.4 is 10.0 Å². The molecule has 0 fully saturated rings. The van der Waals surface area contributed by atoms with Gasteiger partial charge >= 0.3 is 0 Å². The van der Waals surface area contributed by atoms with Crippen molar-refractivity contribution in [3.63, 3.8) is 0 Å². The van der Waals surface area contributed by atoms with Crippen LogP contribution in [0, 0.1) is 0 Å². The van der Waals surface area contributed by atoms with Crippen LogP contribution in [0.5, 0.6) is 0 Å². The third-order valence-electron chi connectivity index (χ3n) is 3.45. The summed E-state index contributed by atoms with van der Waals surface area (Å²) in [6.45, 7) is 4.74. The van der Waals surface area contributed by atoms with Crippen molar-refractivity contribution in [1.82, 2.24) is 14.6 Å². The molecule has 0 aliphatic rings. The molecular formula is C15H23N3OS. The van der Waals surface area contributed by atoms with Gasteiger partial charge in [0.25, 0.3) is 0 Å². The van der Waals surface area contributed by atoms with Gasteiger partial charge in [0, 0.05) is 36.2 Å². The van der Waals surface area contributed by atoms with Crippen molar-refractivity contribution in [3.05, 3.63) is 36.0 Å². The molecule has 1 aromatic carbocycles. The molecule has 0 spiro atoms. The predicted octanol–water partition coefficient (Wildman–Crippen LogP) is 1.59. The molecule has 3 N–H and O–H groups in total. The molecule has 0 saturated heterocycles. The minimum atomic E-state index is 0.168. The van der Waals surface area contributed by atoms with Gasteiger partial charge in [-0.15, -0.1) is 0 Å². The van der Waals surface area contributed by atoms with Crippen LogP contribution in [0.1, 0.15) is 12.5 Å². The van der Waals surface area contributed by atoms with Crippen molar-refractivity contribution in [1.29, 1.82) is 0 Å². The Labute approximate surface area is 125 Å². The summed E-state index contributed by atoms with van der Waals surface area (Å²) in [5.41, 5.74) is 2.52. The van der Waals surface area contributed by atoms with E-state index in [0.29, 0.717) is 12.6 Å². The second-order valence-corrected chi connectivity index (χ2v) is 5.33. The fourth-order valence-corrected chi connectivity index (χ4v) is 2.49. The lowest BCUT2D eigenvalue weighted by Crippen LogP contribution is -2.32. The number of fused-ring (bicyclic) bond motifs is 1. The molecule has 1 unspecified atom stereocenters. The maximum absolute atomic E-state index is 9.14. The maximum atomic E-state index is 9.14. The lowest BCUT2D eigenvalue weighted by Gasteiger charge is -2.10. The predicted molar refractivity (Wildman–Crippen MR) is 87.2 cm³/mol. The Morgan fingerprint density at radius 3 is 2.90 bits per heavy atom. The Morgan fingerprint density at radius 2 is 2.15 bits per heavy atom.